The first kappa shape index (κ1) is 21.5. The molecule has 0 aliphatic heterocycles. The molecule has 10 heteroatoms. The van der Waals surface area contributed by atoms with Crippen LogP contribution in [-0.4, -0.2) is 37.6 Å². The normalized spacial score (nSPS) is 11.3. The summed E-state index contributed by atoms with van der Waals surface area (Å²) < 4.78 is 52.7. The highest BCUT2D eigenvalue weighted by atomic mass is 32.2. The summed E-state index contributed by atoms with van der Waals surface area (Å²) >= 11 is 0. The molecule has 0 heterocycles. The lowest BCUT2D eigenvalue weighted by atomic mass is 10.2. The summed E-state index contributed by atoms with van der Waals surface area (Å²) in [5.74, 6) is -2.93. The van der Waals surface area contributed by atoms with Crippen LogP contribution in [0, 0.1) is 11.6 Å². The van der Waals surface area contributed by atoms with Gasteiger partial charge in [0.05, 0.1) is 11.4 Å². The largest absolute Gasteiger partial charge is 0.326 e. The first-order valence-corrected chi connectivity index (χ1v) is 9.69. The van der Waals surface area contributed by atoms with Crippen molar-refractivity contribution in [3.05, 3.63) is 54.1 Å². The highest BCUT2D eigenvalue weighted by Crippen LogP contribution is 2.19. The van der Waals surface area contributed by atoms with Crippen molar-refractivity contribution < 1.29 is 26.8 Å². The van der Waals surface area contributed by atoms with Crippen LogP contribution in [0.3, 0.4) is 0 Å². The van der Waals surface area contributed by atoms with Gasteiger partial charge in [0.2, 0.25) is 21.8 Å². The molecule has 0 bridgehead atoms. The molecular formula is C18H19F2N3O4S. The minimum Gasteiger partial charge on any atom is -0.326 e. The lowest BCUT2D eigenvalue weighted by Crippen LogP contribution is -2.37. The maximum atomic E-state index is 13.4. The Morgan fingerprint density at radius 3 is 1.93 bits per heavy atom. The SMILES string of the molecule is CCN(CC(=O)Nc1ccc(NC(C)=O)cc1)S(=O)(=O)c1cc(F)cc(F)c1. The molecule has 0 radical (unpaired) electrons. The molecule has 0 aliphatic rings. The maximum Gasteiger partial charge on any atom is 0.243 e. The molecule has 2 rings (SSSR count). The third-order valence-corrected chi connectivity index (χ3v) is 5.53. The van der Waals surface area contributed by atoms with E-state index in [-0.39, 0.29) is 12.5 Å². The van der Waals surface area contributed by atoms with Crippen LogP contribution in [0.5, 0.6) is 0 Å². The van der Waals surface area contributed by atoms with E-state index in [2.05, 4.69) is 10.6 Å². The minimum absolute atomic E-state index is 0.0741. The molecule has 0 saturated heterocycles. The lowest BCUT2D eigenvalue weighted by molar-refractivity contribution is -0.116. The second-order valence-electron chi connectivity index (χ2n) is 5.84. The number of nitrogens with zero attached hydrogens (tertiary/aromatic N) is 1. The van der Waals surface area contributed by atoms with Crippen LogP contribution in [-0.2, 0) is 19.6 Å². The van der Waals surface area contributed by atoms with E-state index in [1.165, 1.54) is 26.0 Å². The van der Waals surface area contributed by atoms with E-state index in [1.807, 2.05) is 0 Å². The Balaban J connectivity index is 2.11. The Morgan fingerprint density at radius 2 is 1.46 bits per heavy atom. The number of halogens is 2. The van der Waals surface area contributed by atoms with E-state index in [0.29, 0.717) is 29.6 Å². The molecule has 0 fully saturated rings. The fraction of sp³-hybridized carbons (Fsp3) is 0.222. The summed E-state index contributed by atoms with van der Waals surface area (Å²) in [5, 5.41) is 5.10. The van der Waals surface area contributed by atoms with Crippen LogP contribution in [0.4, 0.5) is 20.2 Å². The fourth-order valence-corrected chi connectivity index (χ4v) is 3.84. The third-order valence-electron chi connectivity index (χ3n) is 3.64. The van der Waals surface area contributed by atoms with Crippen LogP contribution in [0.2, 0.25) is 0 Å². The number of amides is 2. The van der Waals surface area contributed by atoms with Gasteiger partial charge in [-0.05, 0) is 36.4 Å². The van der Waals surface area contributed by atoms with Gasteiger partial charge in [0, 0.05) is 30.9 Å². The first-order valence-electron chi connectivity index (χ1n) is 8.25. The second-order valence-corrected chi connectivity index (χ2v) is 7.78. The highest BCUT2D eigenvalue weighted by molar-refractivity contribution is 7.89. The summed E-state index contributed by atoms with van der Waals surface area (Å²) in [5.41, 5.74) is 0.931. The molecule has 2 aromatic rings. The van der Waals surface area contributed by atoms with Crippen molar-refractivity contribution in [2.45, 2.75) is 18.7 Å². The van der Waals surface area contributed by atoms with Gasteiger partial charge >= 0.3 is 0 Å². The van der Waals surface area contributed by atoms with Crippen molar-refractivity contribution in [3.63, 3.8) is 0 Å². The summed E-state index contributed by atoms with van der Waals surface area (Å²) in [6, 6.07) is 8.17. The van der Waals surface area contributed by atoms with Gasteiger partial charge in [-0.3, -0.25) is 9.59 Å². The van der Waals surface area contributed by atoms with Crippen molar-refractivity contribution in [1.29, 1.82) is 0 Å². The lowest BCUT2D eigenvalue weighted by Gasteiger charge is -2.20. The Bertz CT molecular complexity index is 959. The number of sulfonamides is 1. The molecule has 2 amide bonds. The van der Waals surface area contributed by atoms with Crippen LogP contribution in [0.25, 0.3) is 0 Å². The third kappa shape index (κ3) is 5.57. The standard InChI is InChI=1S/C18H19F2N3O4S/c1-3-23(28(26,27)17-9-13(19)8-14(20)10-17)11-18(25)22-16-6-4-15(5-7-16)21-12(2)24/h4-10H,3,11H2,1-2H3,(H,21,24)(H,22,25). The smallest absolute Gasteiger partial charge is 0.243 e. The molecule has 0 atom stereocenters. The monoisotopic (exact) mass is 411 g/mol. The molecule has 0 aliphatic carbocycles. The van der Waals surface area contributed by atoms with Gasteiger partial charge in [0.1, 0.15) is 11.6 Å². The Labute approximate surface area is 161 Å². The quantitative estimate of drug-likeness (QED) is 0.732. The van der Waals surface area contributed by atoms with Gasteiger partial charge in [-0.2, -0.15) is 4.31 Å². The molecule has 150 valence electrons. The predicted octanol–water partition coefficient (Wildman–Crippen LogP) is 2.57. The average molecular weight is 411 g/mol. The first-order chi connectivity index (χ1) is 13.1. The molecule has 2 N–H and O–H groups in total. The number of carbonyl (C=O) groups is 2. The number of anilines is 2. The van der Waals surface area contributed by atoms with E-state index < -0.39 is 39.0 Å². The summed E-state index contributed by atoms with van der Waals surface area (Å²) in [7, 11) is -4.26. The summed E-state index contributed by atoms with van der Waals surface area (Å²) in [6.45, 7) is 2.25. The summed E-state index contributed by atoms with van der Waals surface area (Å²) in [4.78, 5) is 22.6. The van der Waals surface area contributed by atoms with Gasteiger partial charge in [-0.25, -0.2) is 17.2 Å². The van der Waals surface area contributed by atoms with Crippen molar-refractivity contribution in [2.75, 3.05) is 23.7 Å². The van der Waals surface area contributed by atoms with E-state index in [9.17, 15) is 26.8 Å². The van der Waals surface area contributed by atoms with Gasteiger partial charge in [-0.15, -0.1) is 0 Å². The van der Waals surface area contributed by atoms with Crippen molar-refractivity contribution in [1.82, 2.24) is 4.31 Å². The fourth-order valence-electron chi connectivity index (χ4n) is 2.39. The van der Waals surface area contributed by atoms with Crippen molar-refractivity contribution in [3.8, 4) is 0 Å². The molecule has 0 aromatic heterocycles. The van der Waals surface area contributed by atoms with Crippen molar-refractivity contribution >= 4 is 33.2 Å². The molecule has 28 heavy (non-hydrogen) atoms. The van der Waals surface area contributed by atoms with Gasteiger partial charge in [0.15, 0.2) is 0 Å². The number of nitrogens with one attached hydrogen (secondary N) is 2. The zero-order chi connectivity index (χ0) is 20.9. The molecule has 0 spiro atoms. The molecule has 7 nitrogen and oxygen atoms in total. The average Bonchev–Trinajstić information content (AvgIpc) is 2.60. The number of benzene rings is 2. The van der Waals surface area contributed by atoms with Crippen LogP contribution in [0.1, 0.15) is 13.8 Å². The maximum absolute atomic E-state index is 13.4. The van der Waals surface area contributed by atoms with Crippen LogP contribution < -0.4 is 10.6 Å². The number of hydrogen-bond acceptors (Lipinski definition) is 4. The zero-order valence-electron chi connectivity index (χ0n) is 15.2. The zero-order valence-corrected chi connectivity index (χ0v) is 16.0. The molecule has 0 saturated carbocycles. The number of hydrogen-bond donors (Lipinski definition) is 2. The van der Waals surface area contributed by atoms with Crippen LogP contribution >= 0.6 is 0 Å². The number of rotatable bonds is 7. The van der Waals surface area contributed by atoms with Crippen molar-refractivity contribution in [2.24, 2.45) is 0 Å². The van der Waals surface area contributed by atoms with E-state index >= 15 is 0 Å². The topological polar surface area (TPSA) is 95.6 Å². The van der Waals surface area contributed by atoms with Crippen LogP contribution in [0.15, 0.2) is 47.4 Å². The number of likely N-dealkylation sites (N-methyl/N-ethyl adjacent to an activating group) is 1. The minimum atomic E-state index is -4.26. The predicted molar refractivity (Wildman–Crippen MR) is 100 cm³/mol. The molecule has 2 aromatic carbocycles. The van der Waals surface area contributed by atoms with Gasteiger partial charge in [-0.1, -0.05) is 6.92 Å². The van der Waals surface area contributed by atoms with E-state index in [4.69, 9.17) is 0 Å². The van der Waals surface area contributed by atoms with E-state index in [1.54, 1.807) is 12.1 Å². The van der Waals surface area contributed by atoms with Gasteiger partial charge < -0.3 is 10.6 Å². The second kappa shape index (κ2) is 8.89. The summed E-state index contributed by atoms with van der Waals surface area (Å²) in [6.07, 6.45) is 0. The Kier molecular flexibility index (Phi) is 6.81. The molecular weight excluding hydrogens is 392 g/mol. The Hall–Kier alpha value is -2.85. The highest BCUT2D eigenvalue weighted by Gasteiger charge is 2.26. The van der Waals surface area contributed by atoms with Gasteiger partial charge in [0.25, 0.3) is 0 Å². The number of carbonyl (C=O) groups excluding carboxylic acids is 2. The van der Waals surface area contributed by atoms with E-state index in [0.717, 1.165) is 4.31 Å². The Morgan fingerprint density at radius 1 is 0.964 bits per heavy atom. The molecule has 0 unspecified atom stereocenters.